The van der Waals surface area contributed by atoms with Crippen molar-refractivity contribution in [3.05, 3.63) is 53.5 Å². The number of amides is 1. The van der Waals surface area contributed by atoms with Crippen LogP contribution in [0.25, 0.3) is 11.3 Å². The molecule has 9 heteroatoms. The van der Waals surface area contributed by atoms with Crippen molar-refractivity contribution in [1.29, 1.82) is 0 Å². The van der Waals surface area contributed by atoms with Crippen molar-refractivity contribution in [2.24, 2.45) is 7.05 Å². The van der Waals surface area contributed by atoms with Gasteiger partial charge >= 0.3 is 57.4 Å². The minimum atomic E-state index is -1.10. The topological polar surface area (TPSA) is 118 Å². The molecule has 0 unspecified atom stereocenters. The number of hydrogen-bond donors (Lipinski definition) is 3. The van der Waals surface area contributed by atoms with Crippen LogP contribution in [0.5, 0.6) is 5.75 Å². The Balaban J connectivity index is 0.00000300. The summed E-state index contributed by atoms with van der Waals surface area (Å²) < 4.78 is 7.03. The van der Waals surface area contributed by atoms with Crippen molar-refractivity contribution < 1.29 is 24.3 Å². The van der Waals surface area contributed by atoms with Crippen molar-refractivity contribution in [2.45, 2.75) is 26.2 Å². The third-order valence-corrected chi connectivity index (χ3v) is 4.40. The van der Waals surface area contributed by atoms with Crippen molar-refractivity contribution in [2.75, 3.05) is 5.32 Å². The first kappa shape index (κ1) is 23.4. The van der Waals surface area contributed by atoms with E-state index in [2.05, 4.69) is 10.5 Å². The first-order valence-corrected chi connectivity index (χ1v) is 8.85. The molecule has 8 nitrogen and oxygen atoms in total. The van der Waals surface area contributed by atoms with E-state index in [1.165, 1.54) is 6.20 Å². The molecule has 1 amide bonds. The number of carboxylic acid groups (broad SMARTS) is 1. The number of aryl methyl sites for hydroxylation is 2. The molecule has 0 spiro atoms. The molecule has 1 aromatic carbocycles. The Labute approximate surface area is 210 Å². The van der Waals surface area contributed by atoms with Crippen LogP contribution in [0.1, 0.15) is 35.0 Å². The molecule has 3 rings (SSSR count). The van der Waals surface area contributed by atoms with E-state index in [9.17, 15) is 19.8 Å². The van der Waals surface area contributed by atoms with Crippen molar-refractivity contribution in [3.8, 4) is 17.0 Å². The number of phenols is 1. The number of nitrogens with one attached hydrogen (secondary N) is 1. The van der Waals surface area contributed by atoms with Gasteiger partial charge in [-0.15, -0.1) is 0 Å². The molecule has 0 saturated carbocycles. The molecule has 0 atom stereocenters. The summed E-state index contributed by atoms with van der Waals surface area (Å²) in [5.41, 5.74) is 2.72. The monoisotopic (exact) mass is 423 g/mol. The Hall–Kier alpha value is -1.91. The molecule has 3 aromatic rings. The first-order chi connectivity index (χ1) is 13.4. The number of benzene rings is 1. The van der Waals surface area contributed by atoms with Gasteiger partial charge in [0, 0.05) is 43.4 Å². The predicted molar refractivity (Wildman–Crippen MR) is 109 cm³/mol. The fourth-order valence-electron chi connectivity index (χ4n) is 3.04. The Morgan fingerprint density at radius 3 is 2.52 bits per heavy atom. The van der Waals surface area contributed by atoms with E-state index in [-0.39, 0.29) is 80.7 Å². The van der Waals surface area contributed by atoms with E-state index in [1.54, 1.807) is 42.1 Å². The van der Waals surface area contributed by atoms with Gasteiger partial charge in [0.25, 0.3) is 0 Å². The van der Waals surface area contributed by atoms with Crippen LogP contribution < -0.4 is 5.32 Å². The van der Waals surface area contributed by atoms with Crippen LogP contribution in [-0.4, -0.2) is 83.2 Å². The number of nitrogens with zero attached hydrogens (tertiary/aromatic N) is 2. The van der Waals surface area contributed by atoms with Gasteiger partial charge in [0.1, 0.15) is 22.8 Å². The van der Waals surface area contributed by atoms with Crippen LogP contribution >= 0.6 is 0 Å². The average Bonchev–Trinajstić information content (AvgIpc) is 3.23. The molecule has 2 heterocycles. The van der Waals surface area contributed by atoms with Gasteiger partial charge in [0.05, 0.1) is 5.69 Å². The van der Waals surface area contributed by atoms with Crippen LogP contribution in [0, 0.1) is 0 Å². The fourth-order valence-corrected chi connectivity index (χ4v) is 3.04. The van der Waals surface area contributed by atoms with E-state index in [1.807, 2.05) is 6.92 Å². The van der Waals surface area contributed by atoms with Gasteiger partial charge in [-0.05, 0) is 30.7 Å². The molecule has 2 aromatic heterocycles. The molecule has 148 valence electrons. The van der Waals surface area contributed by atoms with E-state index >= 15 is 0 Å². The number of aromatic carboxylic acids is 1. The predicted octanol–water partition coefficient (Wildman–Crippen LogP) is 2.57. The molecule has 0 saturated heterocycles. The zero-order valence-corrected chi connectivity index (χ0v) is 15.6. The standard InChI is InChI=1S/C20H21N3O5.K.H/c1-3-14-17(28-22-19(14)12-4-6-13(24)7-5-12)8-9-18(25)21-16-11-23(2)10-15(16)20(26)27;;/h4-7,10-11,24H,3,8-9H2,1-2H3,(H,21,25)(H,26,27);;. The van der Waals surface area contributed by atoms with Gasteiger partial charge in [0.15, 0.2) is 0 Å². The van der Waals surface area contributed by atoms with Gasteiger partial charge in [-0.25, -0.2) is 4.79 Å². The summed E-state index contributed by atoms with van der Waals surface area (Å²) in [5.74, 6) is -0.618. The summed E-state index contributed by atoms with van der Waals surface area (Å²) >= 11 is 0. The number of rotatable bonds is 7. The molecule has 0 fully saturated rings. The van der Waals surface area contributed by atoms with Gasteiger partial charge in [-0.1, -0.05) is 12.1 Å². The molecule has 0 aliphatic rings. The number of phenolic OH excluding ortho intramolecular Hbond substituents is 1. The molecule has 0 radical (unpaired) electrons. The number of aromatic nitrogens is 2. The zero-order valence-electron chi connectivity index (χ0n) is 15.6. The number of aromatic hydroxyl groups is 1. The van der Waals surface area contributed by atoms with Crippen LogP contribution in [-0.2, 0) is 24.7 Å². The van der Waals surface area contributed by atoms with Crippen molar-refractivity contribution in [3.63, 3.8) is 0 Å². The third kappa shape index (κ3) is 5.58. The van der Waals surface area contributed by atoms with Crippen molar-refractivity contribution in [1.82, 2.24) is 9.72 Å². The molecular weight excluding hydrogens is 401 g/mol. The second-order valence-electron chi connectivity index (χ2n) is 6.44. The summed E-state index contributed by atoms with van der Waals surface area (Å²) in [5, 5.41) is 25.4. The second kappa shape index (κ2) is 10.2. The van der Waals surface area contributed by atoms with Crippen LogP contribution in [0.3, 0.4) is 0 Å². The molecular formula is C20H22KN3O5. The average molecular weight is 424 g/mol. The summed E-state index contributed by atoms with van der Waals surface area (Å²) in [6.45, 7) is 1.98. The normalized spacial score (nSPS) is 10.4. The third-order valence-electron chi connectivity index (χ3n) is 4.40. The Morgan fingerprint density at radius 1 is 1.21 bits per heavy atom. The van der Waals surface area contributed by atoms with Gasteiger partial charge in [0.2, 0.25) is 5.91 Å². The van der Waals surface area contributed by atoms with E-state index < -0.39 is 5.97 Å². The SMILES string of the molecule is CCc1c(-c2ccc(O)cc2)noc1CCC(=O)Nc1cn(C)cc1C(=O)O.[KH]. The molecule has 29 heavy (non-hydrogen) atoms. The molecule has 0 aliphatic carbocycles. The Kier molecular flexibility index (Phi) is 8.23. The summed E-state index contributed by atoms with van der Waals surface area (Å²) in [4.78, 5) is 23.5. The van der Waals surface area contributed by atoms with Crippen LogP contribution in [0.4, 0.5) is 5.69 Å². The maximum atomic E-state index is 12.3. The minimum absolute atomic E-state index is 0. The fraction of sp³-hybridized carbons (Fsp3) is 0.250. The van der Waals surface area contributed by atoms with Crippen LogP contribution in [0.2, 0.25) is 0 Å². The Bertz CT molecular complexity index is 1010. The number of hydrogen-bond acceptors (Lipinski definition) is 5. The summed E-state index contributed by atoms with van der Waals surface area (Å²) in [6.07, 6.45) is 4.14. The number of carbonyl (C=O) groups is 2. The first-order valence-electron chi connectivity index (χ1n) is 8.85. The molecule has 0 bridgehead atoms. The zero-order chi connectivity index (χ0) is 20.3. The molecule has 0 aliphatic heterocycles. The van der Waals surface area contributed by atoms with E-state index in [4.69, 9.17) is 4.52 Å². The van der Waals surface area contributed by atoms with E-state index in [0.29, 0.717) is 24.3 Å². The van der Waals surface area contributed by atoms with Gasteiger partial charge < -0.3 is 24.6 Å². The number of carbonyl (C=O) groups excluding carboxylic acids is 1. The number of carboxylic acids is 1. The Morgan fingerprint density at radius 2 is 1.90 bits per heavy atom. The second-order valence-corrected chi connectivity index (χ2v) is 6.44. The maximum absolute atomic E-state index is 12.3. The van der Waals surface area contributed by atoms with Crippen molar-refractivity contribution >= 4 is 68.9 Å². The number of anilines is 1. The quantitative estimate of drug-likeness (QED) is 0.503. The molecule has 3 N–H and O–H groups in total. The van der Waals surface area contributed by atoms with Gasteiger partial charge in [-0.3, -0.25) is 4.79 Å². The summed E-state index contributed by atoms with van der Waals surface area (Å²) in [7, 11) is 1.69. The van der Waals surface area contributed by atoms with Crippen LogP contribution in [0.15, 0.2) is 41.2 Å². The van der Waals surface area contributed by atoms with E-state index in [0.717, 1.165) is 11.1 Å². The van der Waals surface area contributed by atoms with Gasteiger partial charge in [-0.2, -0.15) is 0 Å². The summed E-state index contributed by atoms with van der Waals surface area (Å²) in [6, 6.07) is 6.67.